The summed E-state index contributed by atoms with van der Waals surface area (Å²) < 4.78 is 5.47. The molecule has 0 aromatic rings. The van der Waals surface area contributed by atoms with Crippen LogP contribution in [-0.4, -0.2) is 47.4 Å². The van der Waals surface area contributed by atoms with Crippen molar-refractivity contribution in [1.29, 1.82) is 0 Å². The average molecular weight is 889 g/mol. The molecule has 0 rings (SSSR count). The Bertz CT molecular complexity index is 982. The van der Waals surface area contributed by atoms with E-state index in [1.165, 1.54) is 225 Å². The lowest BCUT2D eigenvalue weighted by molar-refractivity contribution is -0.143. The van der Waals surface area contributed by atoms with Gasteiger partial charge in [0.2, 0.25) is 5.91 Å². The van der Waals surface area contributed by atoms with Gasteiger partial charge in [-0.15, -0.1) is 0 Å². The van der Waals surface area contributed by atoms with Gasteiger partial charge in [-0.05, 0) is 77.0 Å². The molecule has 372 valence electrons. The van der Waals surface area contributed by atoms with Gasteiger partial charge in [-0.2, -0.15) is 0 Å². The summed E-state index contributed by atoms with van der Waals surface area (Å²) in [6.07, 6.45) is 63.2. The molecule has 0 aromatic heterocycles. The largest absolute Gasteiger partial charge is 0.466 e. The molecular weight excluding hydrogens is 779 g/mol. The first-order valence-corrected chi connectivity index (χ1v) is 28.1. The van der Waals surface area contributed by atoms with Crippen LogP contribution < -0.4 is 5.32 Å². The predicted octanol–water partition coefficient (Wildman–Crippen LogP) is 17.1. The lowest BCUT2D eigenvalue weighted by Crippen LogP contribution is -2.45. The molecule has 0 aromatic carbocycles. The minimum atomic E-state index is -0.665. The van der Waals surface area contributed by atoms with Crippen LogP contribution in [-0.2, 0) is 14.3 Å². The number of hydrogen-bond acceptors (Lipinski definition) is 5. The molecular formula is C57H109NO5. The van der Waals surface area contributed by atoms with Crippen molar-refractivity contribution >= 4 is 11.9 Å². The van der Waals surface area contributed by atoms with E-state index in [1.54, 1.807) is 0 Å². The molecule has 0 bridgehead atoms. The monoisotopic (exact) mass is 888 g/mol. The molecule has 63 heavy (non-hydrogen) atoms. The number of carbonyl (C=O) groups excluding carboxylic acids is 2. The van der Waals surface area contributed by atoms with Gasteiger partial charge in [-0.1, -0.05) is 237 Å². The van der Waals surface area contributed by atoms with Crippen LogP contribution in [0.1, 0.15) is 303 Å². The van der Waals surface area contributed by atoms with E-state index in [9.17, 15) is 19.8 Å². The van der Waals surface area contributed by atoms with Gasteiger partial charge < -0.3 is 20.3 Å². The van der Waals surface area contributed by atoms with Gasteiger partial charge in [0, 0.05) is 12.8 Å². The van der Waals surface area contributed by atoms with Crippen LogP contribution in [0.4, 0.5) is 0 Å². The van der Waals surface area contributed by atoms with Gasteiger partial charge >= 0.3 is 5.97 Å². The molecule has 0 aliphatic rings. The predicted molar refractivity (Wildman–Crippen MR) is 273 cm³/mol. The van der Waals surface area contributed by atoms with Crippen molar-refractivity contribution in [2.24, 2.45) is 0 Å². The summed E-state index contributed by atoms with van der Waals surface area (Å²) in [5.41, 5.74) is 0. The van der Waals surface area contributed by atoms with Crippen LogP contribution in [0.15, 0.2) is 24.3 Å². The van der Waals surface area contributed by atoms with Crippen LogP contribution in [0.5, 0.6) is 0 Å². The number of esters is 1. The Hall–Kier alpha value is -1.66. The number of hydrogen-bond donors (Lipinski definition) is 3. The van der Waals surface area contributed by atoms with Crippen molar-refractivity contribution in [2.75, 3.05) is 13.2 Å². The smallest absolute Gasteiger partial charge is 0.305 e. The highest BCUT2D eigenvalue weighted by Gasteiger charge is 2.20. The van der Waals surface area contributed by atoms with E-state index in [0.29, 0.717) is 25.9 Å². The standard InChI is InChI=1S/C57H109NO5/c1-3-5-7-9-11-13-14-15-28-31-35-39-43-47-51-57(62)63-52-48-44-40-36-32-29-26-24-22-20-18-16-17-19-21-23-25-27-30-34-38-42-46-50-56(61)58-54(53-59)55(60)49-45-41-37-33-12-10-8-6-4-2/h14-15,19,21,54-55,59-60H,3-13,16-18,20,22-53H2,1-2H3,(H,58,61)/b15-14-,21-19-. The second-order valence-electron chi connectivity index (χ2n) is 19.3. The summed E-state index contributed by atoms with van der Waals surface area (Å²) in [6.45, 7) is 4.92. The maximum absolute atomic E-state index is 12.4. The zero-order valence-corrected chi connectivity index (χ0v) is 42.3. The number of carbonyl (C=O) groups is 2. The van der Waals surface area contributed by atoms with Gasteiger partial charge in [0.05, 0.1) is 25.4 Å². The molecule has 0 spiro atoms. The van der Waals surface area contributed by atoms with E-state index >= 15 is 0 Å². The van der Waals surface area contributed by atoms with Crippen LogP contribution in [0.25, 0.3) is 0 Å². The minimum absolute atomic E-state index is 0.00273. The first-order chi connectivity index (χ1) is 31.0. The molecule has 0 fully saturated rings. The molecule has 2 unspecified atom stereocenters. The van der Waals surface area contributed by atoms with Crippen molar-refractivity contribution < 1.29 is 24.5 Å². The Morgan fingerprint density at radius 3 is 1.13 bits per heavy atom. The van der Waals surface area contributed by atoms with Gasteiger partial charge in [0.1, 0.15) is 0 Å². The third-order valence-electron chi connectivity index (χ3n) is 13.0. The summed E-state index contributed by atoms with van der Waals surface area (Å²) in [7, 11) is 0. The summed E-state index contributed by atoms with van der Waals surface area (Å²) >= 11 is 0. The van der Waals surface area contributed by atoms with Gasteiger partial charge in [0.25, 0.3) is 0 Å². The molecule has 0 aliphatic heterocycles. The summed E-state index contributed by atoms with van der Waals surface area (Å²) in [6, 6.07) is -0.543. The zero-order valence-electron chi connectivity index (χ0n) is 42.3. The fraction of sp³-hybridized carbons (Fsp3) is 0.895. The summed E-state index contributed by atoms with van der Waals surface area (Å²) in [5.74, 6) is -0.0409. The number of ether oxygens (including phenoxy) is 1. The van der Waals surface area contributed by atoms with Crippen LogP contribution in [0, 0.1) is 0 Å². The van der Waals surface area contributed by atoms with E-state index in [0.717, 1.165) is 44.9 Å². The van der Waals surface area contributed by atoms with E-state index in [4.69, 9.17) is 4.74 Å². The number of rotatable bonds is 52. The Labute approximate surface area is 392 Å². The normalized spacial score (nSPS) is 12.8. The number of aliphatic hydroxyl groups is 2. The van der Waals surface area contributed by atoms with E-state index in [2.05, 4.69) is 43.5 Å². The topological polar surface area (TPSA) is 95.9 Å². The summed E-state index contributed by atoms with van der Waals surface area (Å²) in [5, 5.41) is 23.1. The number of aliphatic hydroxyl groups excluding tert-OH is 2. The first kappa shape index (κ1) is 61.3. The summed E-state index contributed by atoms with van der Waals surface area (Å²) in [4.78, 5) is 24.4. The highest BCUT2D eigenvalue weighted by atomic mass is 16.5. The number of allylic oxidation sites excluding steroid dienone is 4. The third-order valence-corrected chi connectivity index (χ3v) is 13.0. The Kier molecular flexibility index (Phi) is 51.6. The molecule has 0 heterocycles. The van der Waals surface area contributed by atoms with Crippen LogP contribution in [0.2, 0.25) is 0 Å². The molecule has 0 aliphatic carbocycles. The lowest BCUT2D eigenvalue weighted by atomic mass is 10.0. The van der Waals surface area contributed by atoms with E-state index in [-0.39, 0.29) is 18.5 Å². The lowest BCUT2D eigenvalue weighted by Gasteiger charge is -2.22. The first-order valence-electron chi connectivity index (χ1n) is 28.1. The number of amides is 1. The molecule has 0 saturated carbocycles. The molecule has 0 saturated heterocycles. The van der Waals surface area contributed by atoms with Crippen molar-refractivity contribution in [3.8, 4) is 0 Å². The van der Waals surface area contributed by atoms with Gasteiger partial charge in [-0.3, -0.25) is 9.59 Å². The fourth-order valence-corrected chi connectivity index (χ4v) is 8.63. The second kappa shape index (κ2) is 53.0. The fourth-order valence-electron chi connectivity index (χ4n) is 8.63. The highest BCUT2D eigenvalue weighted by molar-refractivity contribution is 5.76. The highest BCUT2D eigenvalue weighted by Crippen LogP contribution is 2.16. The zero-order chi connectivity index (χ0) is 45.8. The van der Waals surface area contributed by atoms with Crippen molar-refractivity contribution in [3.63, 3.8) is 0 Å². The maximum atomic E-state index is 12.4. The average Bonchev–Trinajstić information content (AvgIpc) is 3.28. The third kappa shape index (κ3) is 49.6. The Morgan fingerprint density at radius 1 is 0.429 bits per heavy atom. The van der Waals surface area contributed by atoms with Gasteiger partial charge in [0.15, 0.2) is 0 Å². The number of nitrogens with one attached hydrogen (secondary N) is 1. The van der Waals surface area contributed by atoms with E-state index < -0.39 is 12.1 Å². The Balaban J connectivity index is 3.38. The quantitative estimate of drug-likeness (QED) is 0.0321. The molecule has 6 heteroatoms. The minimum Gasteiger partial charge on any atom is -0.466 e. The van der Waals surface area contributed by atoms with Gasteiger partial charge in [-0.25, -0.2) is 0 Å². The SMILES string of the molecule is CCCCCCC/C=C\CCCCCCCC(=O)OCCCCCCCCCCCCCC/C=C\CCCCCCCCCC(=O)NC(CO)C(O)CCCCCCCCCCC. The van der Waals surface area contributed by atoms with Crippen molar-refractivity contribution in [2.45, 2.75) is 315 Å². The molecule has 1 amide bonds. The molecule has 3 N–H and O–H groups in total. The molecule has 0 radical (unpaired) electrons. The second-order valence-corrected chi connectivity index (χ2v) is 19.3. The number of unbranched alkanes of at least 4 members (excludes halogenated alkanes) is 37. The van der Waals surface area contributed by atoms with Crippen LogP contribution >= 0.6 is 0 Å². The van der Waals surface area contributed by atoms with E-state index in [1.807, 2.05) is 0 Å². The van der Waals surface area contributed by atoms with Crippen molar-refractivity contribution in [1.82, 2.24) is 5.32 Å². The Morgan fingerprint density at radius 2 is 0.746 bits per heavy atom. The molecule has 2 atom stereocenters. The van der Waals surface area contributed by atoms with Crippen molar-refractivity contribution in [3.05, 3.63) is 24.3 Å². The molecule has 6 nitrogen and oxygen atoms in total. The van der Waals surface area contributed by atoms with Crippen LogP contribution in [0.3, 0.4) is 0 Å². The maximum Gasteiger partial charge on any atom is 0.305 e.